The Bertz CT molecular complexity index is 1210. The normalized spacial score (nSPS) is 10.7. The summed E-state index contributed by atoms with van der Waals surface area (Å²) in [7, 11) is 0. The molecule has 0 fully saturated rings. The zero-order chi connectivity index (χ0) is 22.9. The first-order valence-corrected chi connectivity index (χ1v) is 11.2. The molecule has 4 aromatic rings. The molecule has 168 valence electrons. The molecular weight excluding hydrogens is 414 g/mol. The van der Waals surface area contributed by atoms with Gasteiger partial charge in [0.2, 0.25) is 0 Å². The van der Waals surface area contributed by atoms with Crippen molar-refractivity contribution in [3.8, 4) is 17.0 Å². The van der Waals surface area contributed by atoms with Gasteiger partial charge in [-0.2, -0.15) is 0 Å². The number of ether oxygens (including phenoxy) is 1. The molecule has 0 bridgehead atoms. The first-order valence-electron chi connectivity index (χ1n) is 11.2. The largest absolute Gasteiger partial charge is 0.493 e. The molecule has 33 heavy (non-hydrogen) atoms. The van der Waals surface area contributed by atoms with Crippen molar-refractivity contribution >= 4 is 23.0 Å². The van der Waals surface area contributed by atoms with Crippen LogP contribution in [-0.4, -0.2) is 34.1 Å². The molecular formula is C26H27N5O2. The predicted molar refractivity (Wildman–Crippen MR) is 130 cm³/mol. The highest BCUT2D eigenvalue weighted by Gasteiger charge is 2.10. The molecule has 0 unspecified atom stereocenters. The Morgan fingerprint density at radius 1 is 0.939 bits per heavy atom. The first kappa shape index (κ1) is 22.2. The second-order valence-corrected chi connectivity index (χ2v) is 7.55. The van der Waals surface area contributed by atoms with Crippen LogP contribution in [0.5, 0.6) is 5.75 Å². The van der Waals surface area contributed by atoms with Crippen molar-refractivity contribution in [2.45, 2.75) is 26.2 Å². The van der Waals surface area contributed by atoms with Crippen LogP contribution in [0.1, 0.15) is 25.3 Å². The van der Waals surface area contributed by atoms with Crippen LogP contribution >= 0.6 is 0 Å². The minimum Gasteiger partial charge on any atom is -0.493 e. The zero-order valence-electron chi connectivity index (χ0n) is 18.6. The summed E-state index contributed by atoms with van der Waals surface area (Å²) < 4.78 is 5.71. The van der Waals surface area contributed by atoms with E-state index < -0.39 is 0 Å². The molecule has 7 heteroatoms. The van der Waals surface area contributed by atoms with Gasteiger partial charge in [0.15, 0.2) is 5.65 Å². The molecule has 4 rings (SSSR count). The number of aromatic nitrogens is 3. The number of urea groups is 1. The number of carbonyl (C=O) groups is 1. The molecule has 7 nitrogen and oxygen atoms in total. The van der Waals surface area contributed by atoms with Crippen molar-refractivity contribution in [1.82, 2.24) is 20.3 Å². The van der Waals surface area contributed by atoms with Crippen molar-refractivity contribution in [2.24, 2.45) is 0 Å². The number of anilines is 1. The molecule has 0 aliphatic carbocycles. The Labute approximate surface area is 193 Å². The Morgan fingerprint density at radius 3 is 2.61 bits per heavy atom. The Balaban J connectivity index is 1.36. The average molecular weight is 442 g/mol. The molecule has 2 amide bonds. The molecule has 0 radical (unpaired) electrons. The lowest BCUT2D eigenvalue weighted by atomic mass is 10.1. The van der Waals surface area contributed by atoms with Crippen LogP contribution in [0.25, 0.3) is 22.4 Å². The van der Waals surface area contributed by atoms with Gasteiger partial charge in [0.1, 0.15) is 17.1 Å². The van der Waals surface area contributed by atoms with E-state index in [1.165, 1.54) is 5.56 Å². The molecule has 0 aliphatic heterocycles. The summed E-state index contributed by atoms with van der Waals surface area (Å²) in [6.45, 7) is 3.10. The van der Waals surface area contributed by atoms with Crippen molar-refractivity contribution in [3.05, 3.63) is 78.5 Å². The number of aryl methyl sites for hydroxylation is 1. The van der Waals surface area contributed by atoms with Gasteiger partial charge in [-0.25, -0.2) is 14.8 Å². The van der Waals surface area contributed by atoms with E-state index in [9.17, 15) is 4.79 Å². The number of hydrogen-bond acceptors (Lipinski definition) is 5. The molecule has 0 saturated carbocycles. The van der Waals surface area contributed by atoms with Gasteiger partial charge in [-0.05, 0) is 56.0 Å². The summed E-state index contributed by atoms with van der Waals surface area (Å²) in [5.74, 6) is 1.17. The minimum atomic E-state index is -0.285. The maximum atomic E-state index is 12.3. The molecule has 2 aromatic heterocycles. The summed E-state index contributed by atoms with van der Waals surface area (Å²) >= 11 is 0. The number of benzene rings is 2. The number of rotatable bonds is 9. The quantitative estimate of drug-likeness (QED) is 0.347. The van der Waals surface area contributed by atoms with Crippen molar-refractivity contribution in [3.63, 3.8) is 0 Å². The fourth-order valence-corrected chi connectivity index (χ4v) is 3.52. The summed E-state index contributed by atoms with van der Waals surface area (Å²) in [4.78, 5) is 25.9. The molecule has 2 heterocycles. The van der Waals surface area contributed by atoms with Crippen LogP contribution in [0.3, 0.4) is 0 Å². The minimum absolute atomic E-state index is 0.285. The van der Waals surface area contributed by atoms with Gasteiger partial charge < -0.3 is 10.1 Å². The van der Waals surface area contributed by atoms with E-state index in [1.54, 1.807) is 18.3 Å². The number of amides is 2. The lowest BCUT2D eigenvalue weighted by Gasteiger charge is -2.10. The van der Waals surface area contributed by atoms with Gasteiger partial charge in [-0.15, -0.1) is 0 Å². The fraction of sp³-hybridized carbons (Fsp3) is 0.231. The van der Waals surface area contributed by atoms with Gasteiger partial charge in [-0.1, -0.05) is 42.5 Å². The Hall–Kier alpha value is -4.00. The van der Waals surface area contributed by atoms with Crippen molar-refractivity contribution < 1.29 is 9.53 Å². The van der Waals surface area contributed by atoms with Crippen LogP contribution < -0.4 is 15.4 Å². The van der Waals surface area contributed by atoms with Gasteiger partial charge in [0.25, 0.3) is 0 Å². The lowest BCUT2D eigenvalue weighted by molar-refractivity contribution is 0.252. The molecule has 0 spiro atoms. The molecule has 0 atom stereocenters. The van der Waals surface area contributed by atoms with Crippen molar-refractivity contribution in [2.75, 3.05) is 18.5 Å². The summed E-state index contributed by atoms with van der Waals surface area (Å²) in [6, 6.07) is 21.3. The summed E-state index contributed by atoms with van der Waals surface area (Å²) in [5.41, 5.74) is 3.94. The molecule has 0 aliphatic rings. The maximum Gasteiger partial charge on any atom is 0.320 e. The zero-order valence-corrected chi connectivity index (χ0v) is 18.6. The Morgan fingerprint density at radius 2 is 1.76 bits per heavy atom. The standard InChI is InChI=1S/C26H27N5O2/c1-2-33-23-14-7-6-13-20(23)22-18-28-21-15-16-24(30-25(21)29-22)31-26(32)27-17-9-8-12-19-10-4-3-5-11-19/h3-7,10-11,13-16,18H,2,8-9,12,17H2,1H3,(H2,27,29,30,31,32). The third-order valence-electron chi connectivity index (χ3n) is 5.13. The first-order chi connectivity index (χ1) is 16.2. The summed E-state index contributed by atoms with van der Waals surface area (Å²) in [6.07, 6.45) is 4.63. The van der Waals surface area contributed by atoms with Crippen LogP contribution in [0.15, 0.2) is 72.9 Å². The highest BCUT2D eigenvalue weighted by Crippen LogP contribution is 2.28. The number of fused-ring (bicyclic) bond motifs is 1. The number of pyridine rings is 1. The number of nitrogens with zero attached hydrogens (tertiary/aromatic N) is 3. The van der Waals surface area contributed by atoms with E-state index in [1.807, 2.05) is 49.4 Å². The van der Waals surface area contributed by atoms with E-state index in [0.717, 1.165) is 30.6 Å². The van der Waals surface area contributed by atoms with Crippen LogP contribution in [0.4, 0.5) is 10.6 Å². The molecule has 2 N–H and O–H groups in total. The van der Waals surface area contributed by atoms with Gasteiger partial charge in [0, 0.05) is 12.1 Å². The number of carbonyl (C=O) groups excluding carboxylic acids is 1. The number of nitrogens with one attached hydrogen (secondary N) is 2. The van der Waals surface area contributed by atoms with E-state index >= 15 is 0 Å². The van der Waals surface area contributed by atoms with Crippen LogP contribution in [-0.2, 0) is 6.42 Å². The van der Waals surface area contributed by atoms with Crippen molar-refractivity contribution in [1.29, 1.82) is 0 Å². The summed E-state index contributed by atoms with van der Waals surface area (Å²) in [5, 5.41) is 5.66. The van der Waals surface area contributed by atoms with Gasteiger partial charge >= 0.3 is 6.03 Å². The third kappa shape index (κ3) is 6.04. The average Bonchev–Trinajstić information content (AvgIpc) is 2.84. The smallest absolute Gasteiger partial charge is 0.320 e. The fourth-order valence-electron chi connectivity index (χ4n) is 3.52. The monoisotopic (exact) mass is 441 g/mol. The lowest BCUT2D eigenvalue weighted by Crippen LogP contribution is -2.29. The van der Waals surface area contributed by atoms with E-state index in [-0.39, 0.29) is 6.03 Å². The van der Waals surface area contributed by atoms with Crippen LogP contribution in [0.2, 0.25) is 0 Å². The number of unbranched alkanes of at least 4 members (excludes halogenated alkanes) is 1. The van der Waals surface area contributed by atoms with Gasteiger partial charge in [0.05, 0.1) is 18.5 Å². The highest BCUT2D eigenvalue weighted by atomic mass is 16.5. The molecule has 2 aromatic carbocycles. The highest BCUT2D eigenvalue weighted by molar-refractivity contribution is 5.89. The predicted octanol–water partition coefficient (Wildman–Crippen LogP) is 5.23. The SMILES string of the molecule is CCOc1ccccc1-c1cnc2ccc(NC(=O)NCCCCc3ccccc3)nc2n1. The van der Waals surface area contributed by atoms with Gasteiger partial charge in [-0.3, -0.25) is 10.3 Å². The van der Waals surface area contributed by atoms with E-state index in [2.05, 4.69) is 37.7 Å². The Kier molecular flexibility index (Phi) is 7.43. The maximum absolute atomic E-state index is 12.3. The molecule has 0 saturated heterocycles. The van der Waals surface area contributed by atoms with Crippen LogP contribution in [0, 0.1) is 0 Å². The number of hydrogen-bond donors (Lipinski definition) is 2. The number of para-hydroxylation sites is 1. The second kappa shape index (κ2) is 11.0. The second-order valence-electron chi connectivity index (χ2n) is 7.55. The third-order valence-corrected chi connectivity index (χ3v) is 5.13. The van der Waals surface area contributed by atoms with E-state index in [4.69, 9.17) is 4.74 Å². The van der Waals surface area contributed by atoms with E-state index in [0.29, 0.717) is 35.8 Å². The topological polar surface area (TPSA) is 89.0 Å².